The second kappa shape index (κ2) is 8.44. The molecule has 2 aromatic heterocycles. The average molecular weight is 412 g/mol. The molecule has 0 saturated carbocycles. The van der Waals surface area contributed by atoms with Crippen molar-refractivity contribution in [2.75, 3.05) is 39.5 Å². The van der Waals surface area contributed by atoms with Crippen molar-refractivity contribution in [3.63, 3.8) is 0 Å². The Labute approximate surface area is 176 Å². The van der Waals surface area contributed by atoms with Gasteiger partial charge in [-0.15, -0.1) is 0 Å². The number of hydrogen-bond acceptors (Lipinski definition) is 4. The molecule has 0 bridgehead atoms. The highest BCUT2D eigenvalue weighted by Gasteiger charge is 2.21. The maximum absolute atomic E-state index is 6.12. The van der Waals surface area contributed by atoms with Gasteiger partial charge in [0.25, 0.3) is 0 Å². The van der Waals surface area contributed by atoms with Crippen LogP contribution in [0.5, 0.6) is 0 Å². The molecule has 4 heterocycles. The van der Waals surface area contributed by atoms with E-state index < -0.39 is 0 Å². The van der Waals surface area contributed by atoms with E-state index in [1.165, 1.54) is 11.3 Å². The van der Waals surface area contributed by atoms with Gasteiger partial charge < -0.3 is 13.9 Å². The molecule has 5 nitrogen and oxygen atoms in total. The molecule has 0 radical (unpaired) electrons. The Hall–Kier alpha value is -1.92. The summed E-state index contributed by atoms with van der Waals surface area (Å²) >= 11 is 6.12. The third-order valence-electron chi connectivity index (χ3n) is 6.03. The van der Waals surface area contributed by atoms with Crippen LogP contribution in [0.25, 0.3) is 16.9 Å². The summed E-state index contributed by atoms with van der Waals surface area (Å²) in [5.74, 6) is 0.561. The molecule has 3 aromatic rings. The number of hydrogen-bond donors (Lipinski definition) is 0. The standard InChI is InChI=1S/C23H26ClN3O2/c24-20-4-1-18(2-5-20)23-21(16-26-9-13-29-14-10-26)27-15-19(3-6-22(27)25-23)17-7-11-28-12-8-17/h1-6,15,17H,7-14,16H2. The third kappa shape index (κ3) is 4.05. The molecule has 29 heavy (non-hydrogen) atoms. The lowest BCUT2D eigenvalue weighted by atomic mass is 9.93. The first-order chi connectivity index (χ1) is 14.3. The Morgan fingerprint density at radius 2 is 1.66 bits per heavy atom. The first kappa shape index (κ1) is 19.1. The summed E-state index contributed by atoms with van der Waals surface area (Å²) in [5, 5.41) is 0.744. The predicted molar refractivity (Wildman–Crippen MR) is 115 cm³/mol. The Morgan fingerprint density at radius 1 is 0.931 bits per heavy atom. The van der Waals surface area contributed by atoms with Crippen LogP contribution in [0.2, 0.25) is 5.02 Å². The second-order valence-corrected chi connectivity index (χ2v) is 8.32. The summed E-state index contributed by atoms with van der Waals surface area (Å²) in [6, 6.07) is 12.4. The van der Waals surface area contributed by atoms with E-state index in [1.807, 2.05) is 12.1 Å². The topological polar surface area (TPSA) is 39.0 Å². The van der Waals surface area contributed by atoms with Gasteiger partial charge in [-0.05, 0) is 42.5 Å². The van der Waals surface area contributed by atoms with Gasteiger partial charge in [-0.25, -0.2) is 4.98 Å². The van der Waals surface area contributed by atoms with Crippen molar-refractivity contribution in [2.45, 2.75) is 25.3 Å². The molecule has 2 saturated heterocycles. The van der Waals surface area contributed by atoms with Crippen molar-refractivity contribution in [1.29, 1.82) is 0 Å². The van der Waals surface area contributed by atoms with Gasteiger partial charge in [-0.3, -0.25) is 4.90 Å². The molecule has 152 valence electrons. The minimum absolute atomic E-state index is 0.561. The maximum atomic E-state index is 6.12. The molecule has 6 heteroatoms. The fraction of sp³-hybridized carbons (Fsp3) is 0.435. The van der Waals surface area contributed by atoms with E-state index >= 15 is 0 Å². The second-order valence-electron chi connectivity index (χ2n) is 7.88. The normalized spacial score (nSPS) is 19.1. The van der Waals surface area contributed by atoms with Crippen molar-refractivity contribution in [2.24, 2.45) is 0 Å². The number of benzene rings is 1. The smallest absolute Gasteiger partial charge is 0.137 e. The molecule has 0 aliphatic carbocycles. The van der Waals surface area contributed by atoms with E-state index in [0.717, 1.165) is 80.8 Å². The number of halogens is 1. The zero-order valence-electron chi connectivity index (χ0n) is 16.5. The zero-order valence-corrected chi connectivity index (χ0v) is 17.3. The van der Waals surface area contributed by atoms with E-state index in [0.29, 0.717) is 5.92 Å². The van der Waals surface area contributed by atoms with E-state index in [1.54, 1.807) is 0 Å². The molecule has 2 aliphatic rings. The van der Waals surface area contributed by atoms with Gasteiger partial charge in [-0.1, -0.05) is 29.8 Å². The summed E-state index contributed by atoms with van der Waals surface area (Å²) in [6.45, 7) is 6.05. The Balaban J connectivity index is 1.58. The number of imidazole rings is 1. The van der Waals surface area contributed by atoms with Crippen LogP contribution >= 0.6 is 11.6 Å². The van der Waals surface area contributed by atoms with Gasteiger partial charge in [0.15, 0.2) is 0 Å². The summed E-state index contributed by atoms with van der Waals surface area (Å²) < 4.78 is 13.4. The van der Waals surface area contributed by atoms with E-state index in [2.05, 4.69) is 39.8 Å². The van der Waals surface area contributed by atoms with Crippen molar-refractivity contribution in [1.82, 2.24) is 14.3 Å². The lowest BCUT2D eigenvalue weighted by Gasteiger charge is -2.27. The quantitative estimate of drug-likeness (QED) is 0.638. The minimum Gasteiger partial charge on any atom is -0.381 e. The van der Waals surface area contributed by atoms with Crippen molar-refractivity contribution >= 4 is 17.2 Å². The van der Waals surface area contributed by atoms with Crippen LogP contribution in [0.3, 0.4) is 0 Å². The van der Waals surface area contributed by atoms with E-state index in [9.17, 15) is 0 Å². The van der Waals surface area contributed by atoms with Gasteiger partial charge >= 0.3 is 0 Å². The number of nitrogens with zero attached hydrogens (tertiary/aromatic N) is 3. The largest absolute Gasteiger partial charge is 0.381 e. The number of rotatable bonds is 4. The Morgan fingerprint density at radius 3 is 2.41 bits per heavy atom. The summed E-state index contributed by atoms with van der Waals surface area (Å²) in [4.78, 5) is 7.45. The Kier molecular flexibility index (Phi) is 5.55. The molecule has 0 N–H and O–H groups in total. The highest BCUT2D eigenvalue weighted by atomic mass is 35.5. The number of fused-ring (bicyclic) bond motifs is 1. The summed E-state index contributed by atoms with van der Waals surface area (Å²) in [6.07, 6.45) is 4.47. The van der Waals surface area contributed by atoms with Crippen LogP contribution in [0.4, 0.5) is 0 Å². The van der Waals surface area contributed by atoms with Crippen LogP contribution < -0.4 is 0 Å². The SMILES string of the molecule is Clc1ccc(-c2nc3ccc(C4CCOCC4)cn3c2CN2CCOCC2)cc1. The molecule has 0 unspecified atom stereocenters. The fourth-order valence-electron chi connectivity index (χ4n) is 4.34. The highest BCUT2D eigenvalue weighted by Crippen LogP contribution is 2.31. The molecule has 1 aromatic carbocycles. The number of aromatic nitrogens is 2. The summed E-state index contributed by atoms with van der Waals surface area (Å²) in [5.41, 5.74) is 5.75. The zero-order chi connectivity index (χ0) is 19.6. The highest BCUT2D eigenvalue weighted by molar-refractivity contribution is 6.30. The molecular weight excluding hydrogens is 386 g/mol. The van der Waals surface area contributed by atoms with Gasteiger partial charge in [0.2, 0.25) is 0 Å². The lowest BCUT2D eigenvalue weighted by molar-refractivity contribution is 0.0336. The van der Waals surface area contributed by atoms with Crippen molar-refractivity contribution in [3.8, 4) is 11.3 Å². The van der Waals surface area contributed by atoms with Crippen LogP contribution in [-0.2, 0) is 16.0 Å². The van der Waals surface area contributed by atoms with Crippen molar-refractivity contribution < 1.29 is 9.47 Å². The molecule has 0 atom stereocenters. The minimum atomic E-state index is 0.561. The monoisotopic (exact) mass is 411 g/mol. The first-order valence-electron chi connectivity index (χ1n) is 10.4. The van der Waals surface area contributed by atoms with E-state index in [4.69, 9.17) is 26.1 Å². The van der Waals surface area contributed by atoms with Crippen LogP contribution in [0.1, 0.15) is 30.0 Å². The van der Waals surface area contributed by atoms with Crippen LogP contribution in [0.15, 0.2) is 42.6 Å². The van der Waals surface area contributed by atoms with E-state index in [-0.39, 0.29) is 0 Å². The summed E-state index contributed by atoms with van der Waals surface area (Å²) in [7, 11) is 0. The van der Waals surface area contributed by atoms with Gasteiger partial charge in [0.1, 0.15) is 5.65 Å². The fourth-order valence-corrected chi connectivity index (χ4v) is 4.47. The molecule has 5 rings (SSSR count). The predicted octanol–water partition coefficient (Wildman–Crippen LogP) is 4.38. The van der Waals surface area contributed by atoms with Crippen LogP contribution in [-0.4, -0.2) is 53.8 Å². The van der Waals surface area contributed by atoms with Crippen LogP contribution in [0, 0.1) is 0 Å². The maximum Gasteiger partial charge on any atom is 0.137 e. The number of morpholine rings is 1. The third-order valence-corrected chi connectivity index (χ3v) is 6.28. The van der Waals surface area contributed by atoms with Gasteiger partial charge in [-0.2, -0.15) is 0 Å². The molecule has 0 spiro atoms. The lowest BCUT2D eigenvalue weighted by Crippen LogP contribution is -2.36. The molecule has 2 aliphatic heterocycles. The molecule has 0 amide bonds. The number of pyridine rings is 1. The van der Waals surface area contributed by atoms with Gasteiger partial charge in [0, 0.05) is 49.6 Å². The average Bonchev–Trinajstić information content (AvgIpc) is 3.13. The molecular formula is C23H26ClN3O2. The van der Waals surface area contributed by atoms with Crippen molar-refractivity contribution in [3.05, 3.63) is 58.9 Å². The van der Waals surface area contributed by atoms with Gasteiger partial charge in [0.05, 0.1) is 24.6 Å². The Bertz CT molecular complexity index is 974. The number of ether oxygens (including phenoxy) is 2. The first-order valence-corrected chi connectivity index (χ1v) is 10.8. The molecule has 2 fully saturated rings.